The van der Waals surface area contributed by atoms with Gasteiger partial charge in [-0.25, -0.2) is 0 Å². The molecule has 2 rings (SSSR count). The molecule has 2 aromatic rings. The molecule has 0 saturated carbocycles. The first-order chi connectivity index (χ1) is 10.3. The Balaban J connectivity index is 2.15. The van der Waals surface area contributed by atoms with Crippen molar-refractivity contribution in [1.82, 2.24) is 0 Å². The molecule has 3 heteroatoms. The molecule has 0 aliphatic carbocycles. The minimum Gasteiger partial charge on any atom is -0.496 e. The van der Waals surface area contributed by atoms with Crippen LogP contribution in [0.5, 0.6) is 11.5 Å². The summed E-state index contributed by atoms with van der Waals surface area (Å²) in [5.74, 6) is 2.06. The number of ether oxygens (including phenoxy) is 2. The van der Waals surface area contributed by atoms with Gasteiger partial charge in [0.15, 0.2) is 0 Å². The number of para-hydroxylation sites is 1. The van der Waals surface area contributed by atoms with Crippen molar-refractivity contribution in [2.45, 2.75) is 19.3 Å². The Kier molecular flexibility index (Phi) is 5.64. The average Bonchev–Trinajstić information content (AvgIpc) is 2.54. The van der Waals surface area contributed by atoms with E-state index < -0.39 is 0 Å². The normalized spacial score (nSPS) is 12.0. The Bertz CT molecular complexity index is 551. The molecular formula is C18H23NO2. The van der Waals surface area contributed by atoms with Crippen molar-refractivity contribution >= 4 is 0 Å². The van der Waals surface area contributed by atoms with Gasteiger partial charge in [0, 0.05) is 5.92 Å². The lowest BCUT2D eigenvalue weighted by atomic mass is 9.91. The quantitative estimate of drug-likeness (QED) is 0.848. The largest absolute Gasteiger partial charge is 0.496 e. The summed E-state index contributed by atoms with van der Waals surface area (Å²) in [7, 11) is 1.70. The molecule has 1 unspecified atom stereocenters. The van der Waals surface area contributed by atoms with Crippen molar-refractivity contribution in [1.29, 1.82) is 0 Å². The van der Waals surface area contributed by atoms with Crippen molar-refractivity contribution in [3.05, 3.63) is 59.7 Å². The van der Waals surface area contributed by atoms with Crippen LogP contribution in [0.2, 0.25) is 0 Å². The van der Waals surface area contributed by atoms with Crippen LogP contribution in [0.3, 0.4) is 0 Å². The summed E-state index contributed by atoms with van der Waals surface area (Å²) in [5.41, 5.74) is 8.39. The van der Waals surface area contributed by atoms with Crippen LogP contribution in [-0.4, -0.2) is 20.3 Å². The molecule has 0 fully saturated rings. The summed E-state index contributed by atoms with van der Waals surface area (Å²) in [5, 5.41) is 0. The molecule has 2 N–H and O–H groups in total. The Hall–Kier alpha value is -2.00. The van der Waals surface area contributed by atoms with Crippen molar-refractivity contribution < 1.29 is 9.47 Å². The van der Waals surface area contributed by atoms with Gasteiger partial charge in [-0.05, 0) is 49.2 Å². The van der Waals surface area contributed by atoms with Crippen LogP contribution in [0.15, 0.2) is 48.5 Å². The highest BCUT2D eigenvalue weighted by Crippen LogP contribution is 2.29. The minimum absolute atomic E-state index is 0.249. The minimum atomic E-state index is 0.249. The zero-order valence-corrected chi connectivity index (χ0v) is 12.7. The van der Waals surface area contributed by atoms with E-state index in [0.29, 0.717) is 13.2 Å². The summed E-state index contributed by atoms with van der Waals surface area (Å²) < 4.78 is 10.9. The Labute approximate surface area is 126 Å². The Morgan fingerprint density at radius 1 is 1.05 bits per heavy atom. The first-order valence-electron chi connectivity index (χ1n) is 7.33. The van der Waals surface area contributed by atoms with Crippen molar-refractivity contribution in [3.8, 4) is 11.5 Å². The molecule has 0 amide bonds. The topological polar surface area (TPSA) is 44.5 Å². The molecule has 0 radical (unpaired) electrons. The van der Waals surface area contributed by atoms with Gasteiger partial charge in [0.05, 0.1) is 13.7 Å². The third kappa shape index (κ3) is 3.99. The van der Waals surface area contributed by atoms with E-state index >= 15 is 0 Å². The second kappa shape index (κ2) is 7.70. The molecular weight excluding hydrogens is 262 g/mol. The summed E-state index contributed by atoms with van der Waals surface area (Å²) in [6.45, 7) is 3.26. The number of benzene rings is 2. The van der Waals surface area contributed by atoms with Gasteiger partial charge in [-0.2, -0.15) is 0 Å². The Morgan fingerprint density at radius 3 is 2.38 bits per heavy atom. The molecule has 1 atom stereocenters. The number of hydrogen-bond acceptors (Lipinski definition) is 3. The summed E-state index contributed by atoms with van der Waals surface area (Å²) >= 11 is 0. The summed E-state index contributed by atoms with van der Waals surface area (Å²) in [6, 6.07) is 16.3. The van der Waals surface area contributed by atoms with Crippen LogP contribution in [0.1, 0.15) is 24.0 Å². The zero-order chi connectivity index (χ0) is 15.1. The van der Waals surface area contributed by atoms with Gasteiger partial charge in [0.25, 0.3) is 0 Å². The number of methoxy groups -OCH3 is 1. The van der Waals surface area contributed by atoms with E-state index in [1.54, 1.807) is 7.11 Å². The van der Waals surface area contributed by atoms with Gasteiger partial charge in [-0.1, -0.05) is 30.3 Å². The molecule has 0 saturated heterocycles. The second-order valence-corrected chi connectivity index (χ2v) is 4.96. The van der Waals surface area contributed by atoms with Crippen LogP contribution in [0, 0.1) is 0 Å². The van der Waals surface area contributed by atoms with Gasteiger partial charge < -0.3 is 15.2 Å². The predicted molar refractivity (Wildman–Crippen MR) is 86.1 cm³/mol. The van der Waals surface area contributed by atoms with Crippen molar-refractivity contribution in [2.75, 3.05) is 20.3 Å². The number of hydrogen-bond donors (Lipinski definition) is 1. The van der Waals surface area contributed by atoms with E-state index in [9.17, 15) is 0 Å². The first kappa shape index (κ1) is 15.4. The van der Waals surface area contributed by atoms with E-state index in [4.69, 9.17) is 15.2 Å². The highest BCUT2D eigenvalue weighted by Gasteiger charge is 2.15. The molecule has 0 bridgehead atoms. The molecule has 0 aliphatic heterocycles. The van der Waals surface area contributed by atoms with Crippen LogP contribution in [0.4, 0.5) is 0 Å². The van der Waals surface area contributed by atoms with E-state index in [1.165, 1.54) is 5.56 Å². The van der Waals surface area contributed by atoms with E-state index in [0.717, 1.165) is 23.5 Å². The maximum atomic E-state index is 5.97. The first-order valence-corrected chi connectivity index (χ1v) is 7.33. The molecule has 0 aliphatic rings. The van der Waals surface area contributed by atoms with Gasteiger partial charge >= 0.3 is 0 Å². The summed E-state index contributed by atoms with van der Waals surface area (Å²) in [6.07, 6.45) is 0.892. The van der Waals surface area contributed by atoms with Crippen molar-refractivity contribution in [2.24, 2.45) is 5.73 Å². The third-order valence-electron chi connectivity index (χ3n) is 3.58. The fourth-order valence-electron chi connectivity index (χ4n) is 2.50. The predicted octanol–water partition coefficient (Wildman–Crippen LogP) is 3.38. The van der Waals surface area contributed by atoms with Gasteiger partial charge in [0.1, 0.15) is 11.5 Å². The maximum Gasteiger partial charge on any atom is 0.122 e. The maximum absolute atomic E-state index is 5.97. The van der Waals surface area contributed by atoms with Crippen LogP contribution < -0.4 is 15.2 Å². The van der Waals surface area contributed by atoms with Crippen LogP contribution in [0.25, 0.3) is 0 Å². The highest BCUT2D eigenvalue weighted by atomic mass is 16.5. The molecule has 0 aromatic heterocycles. The molecule has 2 aromatic carbocycles. The second-order valence-electron chi connectivity index (χ2n) is 4.96. The lowest BCUT2D eigenvalue weighted by Gasteiger charge is -2.18. The van der Waals surface area contributed by atoms with E-state index in [2.05, 4.69) is 18.2 Å². The van der Waals surface area contributed by atoms with Crippen molar-refractivity contribution in [3.63, 3.8) is 0 Å². The zero-order valence-electron chi connectivity index (χ0n) is 12.7. The standard InChI is InChI=1S/C18H23NO2/c1-3-21-16-10-8-14(9-11-16)12-15(13-19)17-6-4-5-7-18(17)20-2/h4-11,15H,3,12-13,19H2,1-2H3. The van der Waals surface area contributed by atoms with Gasteiger partial charge in [0.2, 0.25) is 0 Å². The lowest BCUT2D eigenvalue weighted by molar-refractivity contribution is 0.340. The van der Waals surface area contributed by atoms with Gasteiger partial charge in [-0.3, -0.25) is 0 Å². The summed E-state index contributed by atoms with van der Waals surface area (Å²) in [4.78, 5) is 0. The number of rotatable bonds is 7. The SMILES string of the molecule is CCOc1ccc(CC(CN)c2ccccc2OC)cc1. The molecule has 0 heterocycles. The smallest absolute Gasteiger partial charge is 0.122 e. The molecule has 0 spiro atoms. The van der Waals surface area contributed by atoms with Gasteiger partial charge in [-0.15, -0.1) is 0 Å². The van der Waals surface area contributed by atoms with Crippen LogP contribution >= 0.6 is 0 Å². The molecule has 21 heavy (non-hydrogen) atoms. The van der Waals surface area contributed by atoms with E-state index in [-0.39, 0.29) is 5.92 Å². The molecule has 112 valence electrons. The fraction of sp³-hybridized carbons (Fsp3) is 0.333. The monoisotopic (exact) mass is 285 g/mol. The molecule has 3 nitrogen and oxygen atoms in total. The highest BCUT2D eigenvalue weighted by molar-refractivity contribution is 5.38. The lowest BCUT2D eigenvalue weighted by Crippen LogP contribution is -2.16. The average molecular weight is 285 g/mol. The number of nitrogens with two attached hydrogens (primary N) is 1. The van der Waals surface area contributed by atoms with Crippen LogP contribution in [-0.2, 0) is 6.42 Å². The third-order valence-corrected chi connectivity index (χ3v) is 3.58. The van der Waals surface area contributed by atoms with E-state index in [1.807, 2.05) is 37.3 Å². The fourth-order valence-corrected chi connectivity index (χ4v) is 2.50. The Morgan fingerprint density at radius 2 is 1.76 bits per heavy atom.